The minimum atomic E-state index is -2.65. The largest absolute Gasteiger partial charge is 0.377 e. The number of alkyl halides is 2. The first kappa shape index (κ1) is 20.6. The van der Waals surface area contributed by atoms with Crippen LogP contribution in [-0.4, -0.2) is 9.55 Å². The number of hydrogen-bond acceptors (Lipinski definition) is 3. The van der Waals surface area contributed by atoms with Gasteiger partial charge in [0.25, 0.3) is 12.0 Å². The molecule has 1 atom stereocenters. The van der Waals surface area contributed by atoms with Gasteiger partial charge in [-0.2, -0.15) is 0 Å². The van der Waals surface area contributed by atoms with Crippen LogP contribution in [0.5, 0.6) is 0 Å². The van der Waals surface area contributed by atoms with Crippen molar-refractivity contribution in [2.24, 2.45) is 7.05 Å². The van der Waals surface area contributed by atoms with Crippen LogP contribution >= 0.6 is 0 Å². The van der Waals surface area contributed by atoms with Crippen LogP contribution in [0.3, 0.4) is 0 Å². The topological polar surface area (TPSA) is 46.9 Å². The second kappa shape index (κ2) is 8.75. The highest BCUT2D eigenvalue weighted by molar-refractivity contribution is 5.50. The summed E-state index contributed by atoms with van der Waals surface area (Å²) < 4.78 is 28.1. The van der Waals surface area contributed by atoms with E-state index in [9.17, 15) is 13.6 Å². The average molecular weight is 373 g/mol. The van der Waals surface area contributed by atoms with Crippen molar-refractivity contribution in [2.75, 3.05) is 5.32 Å². The third-order valence-electron chi connectivity index (χ3n) is 4.24. The average Bonchev–Trinajstić information content (AvgIpc) is 2.60. The summed E-state index contributed by atoms with van der Waals surface area (Å²) in [5, 5.41) is 3.13. The second-order valence-electron chi connectivity index (χ2n) is 6.69. The molecule has 0 unspecified atom stereocenters. The molecule has 0 saturated heterocycles. The van der Waals surface area contributed by atoms with E-state index >= 15 is 0 Å². The van der Waals surface area contributed by atoms with Crippen LogP contribution in [0.25, 0.3) is 0 Å². The van der Waals surface area contributed by atoms with Crippen molar-refractivity contribution in [1.29, 1.82) is 0 Å². The van der Waals surface area contributed by atoms with Crippen LogP contribution < -0.4 is 10.9 Å². The molecule has 27 heavy (non-hydrogen) atoms. The summed E-state index contributed by atoms with van der Waals surface area (Å²) in [5.74, 6) is 0. The summed E-state index contributed by atoms with van der Waals surface area (Å²) in [5.41, 5.74) is 2.97. The first-order valence-electron chi connectivity index (χ1n) is 8.73. The zero-order valence-corrected chi connectivity index (χ0v) is 16.3. The Morgan fingerprint density at radius 1 is 1.11 bits per heavy atom. The molecule has 0 radical (unpaired) electrons. The molecule has 2 rings (SSSR count). The maximum atomic E-state index is 13.3. The van der Waals surface area contributed by atoms with Gasteiger partial charge in [-0.3, -0.25) is 4.79 Å². The van der Waals surface area contributed by atoms with Gasteiger partial charge < -0.3 is 9.88 Å². The second-order valence-corrected chi connectivity index (χ2v) is 6.69. The number of halogens is 2. The summed E-state index contributed by atoms with van der Waals surface area (Å²) >= 11 is 0. The Kier molecular flexibility index (Phi) is 6.66. The van der Waals surface area contributed by atoms with E-state index in [1.807, 2.05) is 32.0 Å². The van der Waals surface area contributed by atoms with Crippen molar-refractivity contribution in [3.8, 4) is 0 Å². The number of nitrogens with zero attached hydrogens (tertiary/aromatic N) is 2. The van der Waals surface area contributed by atoms with Gasteiger partial charge in [0.2, 0.25) is 0 Å². The molecule has 1 N–H and O–H groups in total. The highest BCUT2D eigenvalue weighted by Gasteiger charge is 2.17. The number of hydrogen-bond donors (Lipinski definition) is 1. The fraction of sp³-hybridized carbons (Fsp3) is 0.333. The number of aryl methyl sites for hydroxylation is 4. The minimum Gasteiger partial charge on any atom is -0.377 e. The van der Waals surface area contributed by atoms with Crippen LogP contribution in [-0.2, 0) is 7.05 Å². The van der Waals surface area contributed by atoms with Crippen LogP contribution in [0.15, 0.2) is 47.4 Å². The lowest BCUT2D eigenvalue weighted by Crippen LogP contribution is -2.16. The molecule has 0 aliphatic carbocycles. The maximum absolute atomic E-state index is 13.3. The normalized spacial score (nSPS) is 11.9. The molecule has 2 aromatic rings. The molecule has 0 fully saturated rings. The van der Waals surface area contributed by atoms with E-state index in [-0.39, 0.29) is 17.3 Å². The third kappa shape index (κ3) is 5.36. The van der Waals surface area contributed by atoms with E-state index in [0.717, 1.165) is 11.1 Å². The van der Waals surface area contributed by atoms with Crippen LogP contribution in [0, 0.1) is 20.8 Å². The number of rotatable bonds is 4. The van der Waals surface area contributed by atoms with Crippen molar-refractivity contribution in [1.82, 2.24) is 9.55 Å². The molecule has 0 saturated carbocycles. The fourth-order valence-electron chi connectivity index (χ4n) is 2.84. The molecule has 2 aromatic heterocycles. The van der Waals surface area contributed by atoms with Crippen molar-refractivity contribution < 1.29 is 8.78 Å². The van der Waals surface area contributed by atoms with E-state index in [4.69, 9.17) is 0 Å². The lowest BCUT2D eigenvalue weighted by Gasteiger charge is -2.18. The predicted octanol–water partition coefficient (Wildman–Crippen LogP) is 4.94. The molecule has 0 amide bonds. The van der Waals surface area contributed by atoms with E-state index in [2.05, 4.69) is 10.3 Å². The molecule has 0 aliphatic rings. The molecule has 0 aromatic carbocycles. The van der Waals surface area contributed by atoms with Gasteiger partial charge in [0.1, 0.15) is 5.69 Å². The Labute approximate surface area is 158 Å². The van der Waals surface area contributed by atoms with Gasteiger partial charge in [0.15, 0.2) is 0 Å². The van der Waals surface area contributed by atoms with Gasteiger partial charge in [-0.05, 0) is 51.5 Å². The molecular weight excluding hydrogens is 348 g/mol. The first-order chi connectivity index (χ1) is 12.7. The Morgan fingerprint density at radius 3 is 2.48 bits per heavy atom. The quantitative estimate of drug-likeness (QED) is 0.826. The van der Waals surface area contributed by atoms with E-state index in [1.165, 1.54) is 4.57 Å². The highest BCUT2D eigenvalue weighted by atomic mass is 19.3. The third-order valence-corrected chi connectivity index (χ3v) is 4.24. The van der Waals surface area contributed by atoms with Gasteiger partial charge in [0, 0.05) is 30.5 Å². The highest BCUT2D eigenvalue weighted by Crippen LogP contribution is 2.28. The molecule has 144 valence electrons. The van der Waals surface area contributed by atoms with Crippen LogP contribution in [0.1, 0.15) is 47.5 Å². The molecular formula is C21H25F2N3O. The van der Waals surface area contributed by atoms with Gasteiger partial charge in [-0.15, -0.1) is 0 Å². The van der Waals surface area contributed by atoms with E-state index < -0.39 is 6.43 Å². The van der Waals surface area contributed by atoms with Gasteiger partial charge >= 0.3 is 0 Å². The predicted molar refractivity (Wildman–Crippen MR) is 105 cm³/mol. The molecule has 4 nitrogen and oxygen atoms in total. The Hall–Kier alpha value is -2.76. The van der Waals surface area contributed by atoms with Gasteiger partial charge in [0.05, 0.1) is 5.69 Å². The minimum absolute atomic E-state index is 0.0747. The molecule has 2 heterocycles. The fourth-order valence-corrected chi connectivity index (χ4v) is 2.84. The molecule has 0 aliphatic heterocycles. The summed E-state index contributed by atoms with van der Waals surface area (Å²) in [6.07, 6.45) is -0.973. The van der Waals surface area contributed by atoms with Crippen molar-refractivity contribution >= 4 is 5.69 Å². The van der Waals surface area contributed by atoms with E-state index in [0.29, 0.717) is 16.9 Å². The summed E-state index contributed by atoms with van der Waals surface area (Å²) in [7, 11) is 1.69. The standard InChI is InChI=1S/C21H25F2N3O/c1-13-11-14(2)21(27)26(5)10-6-7-17(12-13)16(4)25-18-9-8-15(3)24-19(18)20(22)23/h6-12,16,20,25H,1-5H3/t16-/m1/s1. The van der Waals surface area contributed by atoms with Gasteiger partial charge in [-0.1, -0.05) is 23.8 Å². The van der Waals surface area contributed by atoms with Crippen molar-refractivity contribution in [3.05, 3.63) is 81.0 Å². The van der Waals surface area contributed by atoms with Crippen LogP contribution in [0.4, 0.5) is 14.5 Å². The summed E-state index contributed by atoms with van der Waals surface area (Å²) in [4.78, 5) is 16.1. The number of aromatic nitrogens is 2. The van der Waals surface area contributed by atoms with Gasteiger partial charge in [-0.25, -0.2) is 13.8 Å². The smallest absolute Gasteiger partial charge is 0.282 e. The maximum Gasteiger partial charge on any atom is 0.282 e. The van der Waals surface area contributed by atoms with E-state index in [1.54, 1.807) is 45.3 Å². The lowest BCUT2D eigenvalue weighted by atomic mass is 10.1. The lowest BCUT2D eigenvalue weighted by molar-refractivity contribution is 0.146. The monoisotopic (exact) mass is 373 g/mol. The summed E-state index contributed by atoms with van der Waals surface area (Å²) in [6.45, 7) is 7.26. The number of nitrogens with one attached hydrogen (secondary N) is 1. The Balaban J connectivity index is 2.49. The van der Waals surface area contributed by atoms with Crippen molar-refractivity contribution in [2.45, 2.75) is 40.2 Å². The molecule has 0 bridgehead atoms. The Morgan fingerprint density at radius 2 is 1.81 bits per heavy atom. The zero-order chi connectivity index (χ0) is 20.1. The SMILES string of the molecule is Cc1cc([C@@H](C)Nc2ccc(C)nc2C(F)F)cccn(C)c(=O)c(C)c1. The molecule has 0 spiro atoms. The summed E-state index contributed by atoms with van der Waals surface area (Å²) in [6, 6.07) is 10.5. The van der Waals surface area contributed by atoms with Crippen molar-refractivity contribution in [3.63, 3.8) is 0 Å². The number of anilines is 1. The molecule has 6 heteroatoms. The zero-order valence-electron chi connectivity index (χ0n) is 16.3. The van der Waals surface area contributed by atoms with Crippen LogP contribution in [0.2, 0.25) is 0 Å². The number of pyridine rings is 1. The first-order valence-corrected chi connectivity index (χ1v) is 8.73. The Bertz CT molecular complexity index is 937.